The van der Waals surface area contributed by atoms with Gasteiger partial charge in [-0.2, -0.15) is 0 Å². The maximum absolute atomic E-state index is 12.1. The number of rotatable bonds is 0. The third-order valence-corrected chi connectivity index (χ3v) is 6.09. The number of carbonyl (C=O) groups is 1. The smallest absolute Gasteiger partial charge is 0.311 e. The van der Waals surface area contributed by atoms with Gasteiger partial charge in [-0.25, -0.2) is 9.78 Å². The molecule has 5 fully saturated rings. The van der Waals surface area contributed by atoms with Gasteiger partial charge in [0.25, 0.3) is 0 Å². The molecule has 6 heteroatoms. The number of hydrogen-bond acceptors (Lipinski definition) is 6. The SMILES string of the molecule is C[C@H]1C(=O)O[C@@H]2O[C@]3(C)CCC4[C@H](C)[C@@H](O)CC1[C@]42OO3. The van der Waals surface area contributed by atoms with Crippen LogP contribution >= 0.6 is 0 Å². The molecule has 118 valence electrons. The molecular weight excluding hydrogens is 276 g/mol. The van der Waals surface area contributed by atoms with Crippen LogP contribution in [0.2, 0.25) is 0 Å². The van der Waals surface area contributed by atoms with E-state index in [2.05, 4.69) is 0 Å². The molecule has 5 aliphatic rings. The minimum Gasteiger partial charge on any atom is -0.432 e. The highest BCUT2D eigenvalue weighted by Crippen LogP contribution is 2.59. The normalized spacial score (nSPS) is 59.1. The third kappa shape index (κ3) is 1.64. The van der Waals surface area contributed by atoms with E-state index in [1.165, 1.54) is 0 Å². The van der Waals surface area contributed by atoms with Gasteiger partial charge in [0.1, 0.15) is 0 Å². The van der Waals surface area contributed by atoms with E-state index in [0.717, 1.165) is 6.42 Å². The molecule has 8 atom stereocenters. The van der Waals surface area contributed by atoms with Crippen molar-refractivity contribution in [3.8, 4) is 0 Å². The van der Waals surface area contributed by atoms with Crippen molar-refractivity contribution in [2.75, 3.05) is 0 Å². The highest BCUT2D eigenvalue weighted by molar-refractivity contribution is 5.74. The zero-order valence-electron chi connectivity index (χ0n) is 12.6. The lowest BCUT2D eigenvalue weighted by Crippen LogP contribution is -2.71. The zero-order valence-corrected chi connectivity index (χ0v) is 12.6. The summed E-state index contributed by atoms with van der Waals surface area (Å²) in [5.41, 5.74) is -0.790. The lowest BCUT2D eigenvalue weighted by atomic mass is 9.57. The van der Waals surface area contributed by atoms with Crippen LogP contribution in [-0.2, 0) is 24.0 Å². The molecule has 0 aromatic rings. The number of fused-ring (bicyclic) bond motifs is 2. The summed E-state index contributed by atoms with van der Waals surface area (Å²) in [5, 5.41) is 10.4. The Kier molecular flexibility index (Phi) is 2.78. The Hall–Kier alpha value is -0.690. The molecule has 5 rings (SSSR count). The van der Waals surface area contributed by atoms with Gasteiger partial charge in [0.15, 0.2) is 5.60 Å². The van der Waals surface area contributed by atoms with Crippen LogP contribution in [0.1, 0.15) is 40.0 Å². The molecule has 4 saturated heterocycles. The summed E-state index contributed by atoms with van der Waals surface area (Å²) in [5.74, 6) is -1.54. The van der Waals surface area contributed by atoms with E-state index in [1.807, 2.05) is 13.8 Å². The lowest BCUT2D eigenvalue weighted by Gasteiger charge is -2.58. The van der Waals surface area contributed by atoms with E-state index in [-0.39, 0.29) is 29.6 Å². The zero-order chi connectivity index (χ0) is 15.0. The van der Waals surface area contributed by atoms with Gasteiger partial charge < -0.3 is 14.6 Å². The Labute approximate surface area is 123 Å². The second kappa shape index (κ2) is 4.19. The maximum atomic E-state index is 12.1. The van der Waals surface area contributed by atoms with E-state index in [0.29, 0.717) is 12.8 Å². The van der Waals surface area contributed by atoms with Crippen LogP contribution in [0, 0.1) is 23.7 Å². The molecule has 21 heavy (non-hydrogen) atoms. The van der Waals surface area contributed by atoms with Crippen molar-refractivity contribution in [1.29, 1.82) is 0 Å². The predicted octanol–water partition coefficient (Wildman–Crippen LogP) is 1.37. The average molecular weight is 298 g/mol. The molecule has 1 aliphatic carbocycles. The summed E-state index contributed by atoms with van der Waals surface area (Å²) in [7, 11) is 0. The van der Waals surface area contributed by atoms with Crippen molar-refractivity contribution in [3.63, 3.8) is 0 Å². The minimum atomic E-state index is -0.886. The minimum absolute atomic E-state index is 0.0520. The van der Waals surface area contributed by atoms with Crippen LogP contribution in [0.3, 0.4) is 0 Å². The van der Waals surface area contributed by atoms with E-state index >= 15 is 0 Å². The van der Waals surface area contributed by atoms with Gasteiger partial charge in [-0.15, -0.1) is 0 Å². The van der Waals surface area contributed by atoms with Gasteiger partial charge in [-0.3, -0.25) is 4.79 Å². The van der Waals surface area contributed by atoms with E-state index in [4.69, 9.17) is 19.2 Å². The predicted molar refractivity (Wildman–Crippen MR) is 69.4 cm³/mol. The number of aliphatic hydroxyl groups excluding tert-OH is 1. The van der Waals surface area contributed by atoms with E-state index in [9.17, 15) is 9.90 Å². The molecule has 4 heterocycles. The van der Waals surface area contributed by atoms with Crippen LogP contribution in [0.5, 0.6) is 0 Å². The van der Waals surface area contributed by atoms with E-state index in [1.54, 1.807) is 6.92 Å². The summed E-state index contributed by atoms with van der Waals surface area (Å²) in [6, 6.07) is 0. The second-order valence-corrected chi connectivity index (χ2v) is 7.24. The summed E-state index contributed by atoms with van der Waals surface area (Å²) < 4.78 is 11.5. The number of esters is 1. The first-order valence-electron chi connectivity index (χ1n) is 7.80. The van der Waals surface area contributed by atoms with Crippen molar-refractivity contribution < 1.29 is 29.1 Å². The highest BCUT2D eigenvalue weighted by Gasteiger charge is 2.71. The van der Waals surface area contributed by atoms with Crippen molar-refractivity contribution in [2.45, 2.75) is 63.8 Å². The quantitative estimate of drug-likeness (QED) is 0.538. The fraction of sp³-hybridized carbons (Fsp3) is 0.933. The molecular formula is C15H22O6. The summed E-state index contributed by atoms with van der Waals surface area (Å²) >= 11 is 0. The maximum Gasteiger partial charge on any atom is 0.311 e. The molecule has 1 saturated carbocycles. The van der Waals surface area contributed by atoms with Gasteiger partial charge >= 0.3 is 5.97 Å². The third-order valence-electron chi connectivity index (χ3n) is 6.09. The highest BCUT2D eigenvalue weighted by atomic mass is 17.3. The molecule has 0 aromatic carbocycles. The Balaban J connectivity index is 1.85. The van der Waals surface area contributed by atoms with Crippen molar-refractivity contribution >= 4 is 5.97 Å². The van der Waals surface area contributed by atoms with Gasteiger partial charge in [0.2, 0.25) is 12.1 Å². The molecule has 6 nitrogen and oxygen atoms in total. The fourth-order valence-corrected chi connectivity index (χ4v) is 4.72. The Bertz CT molecular complexity index is 477. The first kappa shape index (κ1) is 13.9. The number of aliphatic hydroxyl groups is 1. The molecule has 0 radical (unpaired) electrons. The van der Waals surface area contributed by atoms with Crippen molar-refractivity contribution in [1.82, 2.24) is 0 Å². The van der Waals surface area contributed by atoms with Gasteiger partial charge in [0.05, 0.1) is 12.0 Å². The summed E-state index contributed by atoms with van der Waals surface area (Å²) in [6.07, 6.45) is 0.812. The summed E-state index contributed by atoms with van der Waals surface area (Å²) in [4.78, 5) is 23.6. The van der Waals surface area contributed by atoms with Crippen molar-refractivity contribution in [3.05, 3.63) is 0 Å². The average Bonchev–Trinajstić information content (AvgIpc) is 2.66. The molecule has 2 bridgehead atoms. The van der Waals surface area contributed by atoms with Crippen LogP contribution < -0.4 is 0 Å². The van der Waals surface area contributed by atoms with Gasteiger partial charge in [-0.05, 0) is 25.7 Å². The fourth-order valence-electron chi connectivity index (χ4n) is 4.72. The molecule has 0 amide bonds. The van der Waals surface area contributed by atoms with Crippen LogP contribution in [-0.4, -0.2) is 34.9 Å². The monoisotopic (exact) mass is 298 g/mol. The Morgan fingerprint density at radius 1 is 1.24 bits per heavy atom. The van der Waals surface area contributed by atoms with Crippen LogP contribution in [0.4, 0.5) is 0 Å². The van der Waals surface area contributed by atoms with Crippen molar-refractivity contribution in [2.24, 2.45) is 23.7 Å². The molecule has 1 N–H and O–H groups in total. The largest absolute Gasteiger partial charge is 0.432 e. The topological polar surface area (TPSA) is 74.2 Å². The molecule has 1 spiro atoms. The Morgan fingerprint density at radius 2 is 2.00 bits per heavy atom. The standard InChI is InChI=1S/C15H22O6/c1-7-9-4-5-14(3)19-13-15(9,21-20-14)10(6-11(7)16)8(2)12(17)18-13/h7-11,13,16H,4-6H2,1-3H3/t7-,8+,9?,10?,11-,13+,14-,15+/m0/s1. The van der Waals surface area contributed by atoms with E-state index < -0.39 is 23.8 Å². The number of ether oxygens (including phenoxy) is 2. The second-order valence-electron chi connectivity index (χ2n) is 7.24. The number of carbonyl (C=O) groups excluding carboxylic acids is 1. The van der Waals surface area contributed by atoms with Gasteiger partial charge in [0, 0.05) is 18.3 Å². The molecule has 2 unspecified atom stereocenters. The summed E-state index contributed by atoms with van der Waals surface area (Å²) in [6.45, 7) is 5.67. The Morgan fingerprint density at radius 3 is 2.76 bits per heavy atom. The van der Waals surface area contributed by atoms with Crippen LogP contribution in [0.15, 0.2) is 0 Å². The molecule has 0 aromatic heterocycles. The number of hydrogen-bond donors (Lipinski definition) is 1. The van der Waals surface area contributed by atoms with Crippen LogP contribution in [0.25, 0.3) is 0 Å². The first-order chi connectivity index (χ1) is 9.87. The lowest BCUT2D eigenvalue weighted by molar-refractivity contribution is -0.560. The van der Waals surface area contributed by atoms with Gasteiger partial charge in [-0.1, -0.05) is 13.8 Å². The first-order valence-corrected chi connectivity index (χ1v) is 7.80. The molecule has 4 aliphatic heterocycles.